The lowest BCUT2D eigenvalue weighted by molar-refractivity contribution is 0.257. The van der Waals surface area contributed by atoms with Crippen LogP contribution in [0.25, 0.3) is 0 Å². The molecule has 1 aromatic rings. The van der Waals surface area contributed by atoms with Gasteiger partial charge in [0.05, 0.1) is 11.6 Å². The first-order valence-electron chi connectivity index (χ1n) is 5.62. The van der Waals surface area contributed by atoms with Crippen molar-refractivity contribution in [1.82, 2.24) is 0 Å². The Hall–Kier alpha value is -0.780. The van der Waals surface area contributed by atoms with Crippen LogP contribution in [0.15, 0.2) is 27.5 Å². The topological polar surface area (TPSA) is 55.7 Å². The second-order valence-electron chi connectivity index (χ2n) is 4.36. The zero-order valence-corrected chi connectivity index (χ0v) is 13.2. The molecule has 0 bridgehead atoms. The Morgan fingerprint density at radius 1 is 1.37 bits per heavy atom. The SMILES string of the molecule is CC(=NS(=O)(=O)c1ccc(Cl)cc1Cl)OCC(C)C. The molecule has 0 fully saturated rings. The number of rotatable bonds is 4. The van der Waals surface area contributed by atoms with Crippen LogP contribution in [0.3, 0.4) is 0 Å². The maximum atomic E-state index is 12.0. The first kappa shape index (κ1) is 16.3. The maximum Gasteiger partial charge on any atom is 0.286 e. The number of halogens is 2. The number of hydrogen-bond donors (Lipinski definition) is 0. The van der Waals surface area contributed by atoms with Crippen LogP contribution in [0.2, 0.25) is 10.0 Å². The highest BCUT2D eigenvalue weighted by Crippen LogP contribution is 2.26. The summed E-state index contributed by atoms with van der Waals surface area (Å²) in [6.07, 6.45) is 0. The van der Waals surface area contributed by atoms with Crippen LogP contribution in [-0.2, 0) is 14.8 Å². The van der Waals surface area contributed by atoms with Gasteiger partial charge in [-0.15, -0.1) is 4.40 Å². The Balaban J connectivity index is 3.01. The summed E-state index contributed by atoms with van der Waals surface area (Å²) in [4.78, 5) is -0.0916. The minimum Gasteiger partial charge on any atom is -0.480 e. The Morgan fingerprint density at radius 2 is 2.00 bits per heavy atom. The van der Waals surface area contributed by atoms with Crippen molar-refractivity contribution in [3.05, 3.63) is 28.2 Å². The molecule has 1 rings (SSSR count). The van der Waals surface area contributed by atoms with Gasteiger partial charge in [-0.05, 0) is 24.1 Å². The summed E-state index contributed by atoms with van der Waals surface area (Å²) in [6, 6.07) is 4.12. The second kappa shape index (κ2) is 6.59. The summed E-state index contributed by atoms with van der Waals surface area (Å²) >= 11 is 11.6. The van der Waals surface area contributed by atoms with Crippen LogP contribution < -0.4 is 0 Å². The van der Waals surface area contributed by atoms with Gasteiger partial charge in [-0.1, -0.05) is 37.0 Å². The van der Waals surface area contributed by atoms with Crippen LogP contribution in [0.4, 0.5) is 0 Å². The summed E-state index contributed by atoms with van der Waals surface area (Å²) in [5.41, 5.74) is 0. The third-order valence-electron chi connectivity index (χ3n) is 2.05. The molecule has 0 atom stereocenters. The minimum absolute atomic E-state index is 0.0351. The molecule has 0 spiro atoms. The average molecular weight is 324 g/mol. The summed E-state index contributed by atoms with van der Waals surface area (Å²) < 4.78 is 32.9. The molecule has 0 aliphatic carbocycles. The van der Waals surface area contributed by atoms with Gasteiger partial charge >= 0.3 is 0 Å². The molecule has 0 aliphatic rings. The Labute approximate surface area is 123 Å². The molecule has 0 saturated heterocycles. The van der Waals surface area contributed by atoms with E-state index in [2.05, 4.69) is 4.40 Å². The number of ether oxygens (including phenoxy) is 1. The van der Waals surface area contributed by atoms with Gasteiger partial charge in [-0.2, -0.15) is 8.42 Å². The zero-order valence-electron chi connectivity index (χ0n) is 10.9. The Morgan fingerprint density at radius 3 is 2.53 bits per heavy atom. The lowest BCUT2D eigenvalue weighted by atomic mass is 10.2. The molecule has 7 heteroatoms. The molecule has 0 aliphatic heterocycles. The van der Waals surface area contributed by atoms with Crippen LogP contribution in [0.1, 0.15) is 20.8 Å². The number of sulfonamides is 1. The molecule has 0 aromatic heterocycles. The molecule has 1 aromatic carbocycles. The van der Waals surface area contributed by atoms with Crippen LogP contribution >= 0.6 is 23.2 Å². The molecule has 0 amide bonds. The maximum absolute atomic E-state index is 12.0. The Bertz CT molecular complexity index is 583. The van der Waals surface area contributed by atoms with Gasteiger partial charge < -0.3 is 4.74 Å². The van der Waals surface area contributed by atoms with E-state index in [1.54, 1.807) is 0 Å². The van der Waals surface area contributed by atoms with Crippen LogP contribution in [-0.4, -0.2) is 20.9 Å². The largest absolute Gasteiger partial charge is 0.480 e. The monoisotopic (exact) mass is 323 g/mol. The molecule has 0 radical (unpaired) electrons. The lowest BCUT2D eigenvalue weighted by Gasteiger charge is -2.08. The highest BCUT2D eigenvalue weighted by atomic mass is 35.5. The van der Waals surface area contributed by atoms with Gasteiger partial charge in [-0.25, -0.2) is 0 Å². The normalized spacial score (nSPS) is 12.8. The molecule has 0 unspecified atom stereocenters. The predicted octanol–water partition coefficient (Wildman–Crippen LogP) is 3.77. The van der Waals surface area contributed by atoms with E-state index >= 15 is 0 Å². The minimum atomic E-state index is -3.88. The van der Waals surface area contributed by atoms with Crippen molar-refractivity contribution in [2.45, 2.75) is 25.7 Å². The van der Waals surface area contributed by atoms with Crippen molar-refractivity contribution in [3.63, 3.8) is 0 Å². The van der Waals surface area contributed by atoms with E-state index in [1.165, 1.54) is 25.1 Å². The van der Waals surface area contributed by atoms with Crippen molar-refractivity contribution in [2.75, 3.05) is 6.61 Å². The van der Waals surface area contributed by atoms with Crippen molar-refractivity contribution < 1.29 is 13.2 Å². The molecular formula is C12H15Cl2NO3S. The highest BCUT2D eigenvalue weighted by molar-refractivity contribution is 7.90. The second-order valence-corrected chi connectivity index (χ2v) is 6.78. The van der Waals surface area contributed by atoms with E-state index in [1.807, 2.05) is 13.8 Å². The number of nitrogens with zero attached hydrogens (tertiary/aromatic N) is 1. The van der Waals surface area contributed by atoms with Crippen LogP contribution in [0, 0.1) is 5.92 Å². The van der Waals surface area contributed by atoms with Gasteiger partial charge in [0.2, 0.25) is 0 Å². The predicted molar refractivity (Wildman–Crippen MR) is 77.5 cm³/mol. The fourth-order valence-corrected chi connectivity index (χ4v) is 2.95. The van der Waals surface area contributed by atoms with Crippen molar-refractivity contribution >= 4 is 39.1 Å². The molecule has 0 N–H and O–H groups in total. The quantitative estimate of drug-likeness (QED) is 0.626. The molecule has 4 nitrogen and oxygen atoms in total. The van der Waals surface area contributed by atoms with E-state index in [9.17, 15) is 8.42 Å². The van der Waals surface area contributed by atoms with Gasteiger partial charge in [0.15, 0.2) is 5.90 Å². The van der Waals surface area contributed by atoms with Gasteiger partial charge in [-0.3, -0.25) is 0 Å². The first-order valence-corrected chi connectivity index (χ1v) is 7.81. The molecule has 0 saturated carbocycles. The highest BCUT2D eigenvalue weighted by Gasteiger charge is 2.18. The van der Waals surface area contributed by atoms with E-state index in [-0.39, 0.29) is 21.7 Å². The third-order valence-corrected chi connectivity index (χ3v) is 4.12. The van der Waals surface area contributed by atoms with E-state index < -0.39 is 10.0 Å². The van der Waals surface area contributed by atoms with E-state index in [0.29, 0.717) is 11.6 Å². The summed E-state index contributed by atoms with van der Waals surface area (Å²) in [5, 5.41) is 0.397. The van der Waals surface area contributed by atoms with Gasteiger partial charge in [0.1, 0.15) is 4.90 Å². The lowest BCUT2D eigenvalue weighted by Crippen LogP contribution is -2.09. The van der Waals surface area contributed by atoms with Crippen molar-refractivity contribution in [3.8, 4) is 0 Å². The third kappa shape index (κ3) is 5.01. The standard InChI is InChI=1S/C12H15Cl2NO3S/c1-8(2)7-18-9(3)15-19(16,17)12-5-4-10(13)6-11(12)14/h4-6,8H,7H2,1-3H3. The fraction of sp³-hybridized carbons (Fsp3) is 0.417. The summed E-state index contributed by atoms with van der Waals surface area (Å²) in [6.45, 7) is 5.80. The van der Waals surface area contributed by atoms with Crippen molar-refractivity contribution in [2.24, 2.45) is 10.3 Å². The van der Waals surface area contributed by atoms with E-state index in [0.717, 1.165) is 0 Å². The van der Waals surface area contributed by atoms with Crippen LogP contribution in [0.5, 0.6) is 0 Å². The van der Waals surface area contributed by atoms with Gasteiger partial charge in [0, 0.05) is 11.9 Å². The first-order chi connectivity index (χ1) is 8.72. The number of benzene rings is 1. The Kier molecular flexibility index (Phi) is 5.64. The number of hydrogen-bond acceptors (Lipinski definition) is 3. The fourth-order valence-electron chi connectivity index (χ4n) is 1.22. The molecule has 19 heavy (non-hydrogen) atoms. The molecule has 106 valence electrons. The average Bonchev–Trinajstić information content (AvgIpc) is 2.25. The van der Waals surface area contributed by atoms with Crippen molar-refractivity contribution in [1.29, 1.82) is 0 Å². The van der Waals surface area contributed by atoms with Gasteiger partial charge in [0.25, 0.3) is 10.0 Å². The molecular weight excluding hydrogens is 309 g/mol. The summed E-state index contributed by atoms with van der Waals surface area (Å²) in [5.74, 6) is 0.367. The molecule has 0 heterocycles. The summed E-state index contributed by atoms with van der Waals surface area (Å²) in [7, 11) is -3.88. The smallest absolute Gasteiger partial charge is 0.286 e. The zero-order chi connectivity index (χ0) is 14.6. The van der Waals surface area contributed by atoms with E-state index in [4.69, 9.17) is 27.9 Å².